The smallest absolute Gasteiger partial charge is 0.251 e. The molecule has 0 bridgehead atoms. The second kappa shape index (κ2) is 4.84. The molecule has 0 aromatic heterocycles. The van der Waals surface area contributed by atoms with Crippen LogP contribution in [0.15, 0.2) is 0 Å². The molecule has 0 aromatic carbocycles. The van der Waals surface area contributed by atoms with Gasteiger partial charge >= 0.3 is 0 Å². The molecule has 3 heteroatoms. The van der Waals surface area contributed by atoms with E-state index in [0.717, 1.165) is 38.3 Å². The van der Waals surface area contributed by atoms with E-state index in [-0.39, 0.29) is 12.0 Å². The van der Waals surface area contributed by atoms with Gasteiger partial charge < -0.3 is 9.64 Å². The fraction of sp³-hybridized carbons (Fsp3) is 0.933. The number of hydrogen-bond donors (Lipinski definition) is 0. The van der Waals surface area contributed by atoms with E-state index in [9.17, 15) is 4.79 Å². The van der Waals surface area contributed by atoms with Gasteiger partial charge in [-0.15, -0.1) is 0 Å². The van der Waals surface area contributed by atoms with E-state index in [1.54, 1.807) is 0 Å². The Morgan fingerprint density at radius 3 is 2.56 bits per heavy atom. The van der Waals surface area contributed by atoms with Crippen LogP contribution in [-0.2, 0) is 9.53 Å². The first-order valence-corrected chi connectivity index (χ1v) is 7.61. The molecule has 0 spiro atoms. The fourth-order valence-corrected chi connectivity index (χ4v) is 4.25. The van der Waals surface area contributed by atoms with Crippen LogP contribution < -0.4 is 0 Å². The van der Waals surface area contributed by atoms with Gasteiger partial charge in [0.25, 0.3) is 5.91 Å². The van der Waals surface area contributed by atoms with Gasteiger partial charge in [-0.3, -0.25) is 4.79 Å². The summed E-state index contributed by atoms with van der Waals surface area (Å²) < 4.78 is 6.18. The van der Waals surface area contributed by atoms with Gasteiger partial charge in [0.1, 0.15) is 6.10 Å². The SMILES string of the molecule is CC1CC(C)C2OC(C(=O)N3CCCC3)CCC12. The zero-order chi connectivity index (χ0) is 12.7. The Balaban J connectivity index is 1.64. The molecule has 5 atom stereocenters. The van der Waals surface area contributed by atoms with Crippen LogP contribution in [0.4, 0.5) is 0 Å². The molecule has 5 unspecified atom stereocenters. The Kier molecular flexibility index (Phi) is 3.35. The van der Waals surface area contributed by atoms with Gasteiger partial charge in [-0.25, -0.2) is 0 Å². The molecule has 2 heterocycles. The van der Waals surface area contributed by atoms with Crippen molar-refractivity contribution in [2.24, 2.45) is 17.8 Å². The van der Waals surface area contributed by atoms with Crippen LogP contribution in [0.2, 0.25) is 0 Å². The number of carbonyl (C=O) groups is 1. The van der Waals surface area contributed by atoms with Gasteiger partial charge in [0.2, 0.25) is 0 Å². The maximum Gasteiger partial charge on any atom is 0.251 e. The maximum atomic E-state index is 12.4. The number of rotatable bonds is 1. The molecule has 3 nitrogen and oxygen atoms in total. The first-order valence-electron chi connectivity index (χ1n) is 7.61. The van der Waals surface area contributed by atoms with E-state index in [2.05, 4.69) is 13.8 Å². The van der Waals surface area contributed by atoms with Crippen molar-refractivity contribution in [3.8, 4) is 0 Å². The summed E-state index contributed by atoms with van der Waals surface area (Å²) >= 11 is 0. The molecule has 18 heavy (non-hydrogen) atoms. The summed E-state index contributed by atoms with van der Waals surface area (Å²) in [5.74, 6) is 2.35. The molecule has 102 valence electrons. The molecule has 3 rings (SSSR count). The molecule has 1 amide bonds. The van der Waals surface area contributed by atoms with E-state index in [4.69, 9.17) is 4.74 Å². The number of hydrogen-bond acceptors (Lipinski definition) is 2. The molecule has 3 fully saturated rings. The minimum Gasteiger partial charge on any atom is -0.365 e. The lowest BCUT2D eigenvalue weighted by molar-refractivity contribution is -0.157. The summed E-state index contributed by atoms with van der Waals surface area (Å²) in [5, 5.41) is 0. The lowest BCUT2D eigenvalue weighted by atomic mass is 9.87. The molecule has 0 aromatic rings. The number of nitrogens with zero attached hydrogens (tertiary/aromatic N) is 1. The van der Waals surface area contributed by atoms with Crippen LogP contribution in [0.5, 0.6) is 0 Å². The fourth-order valence-electron chi connectivity index (χ4n) is 4.25. The van der Waals surface area contributed by atoms with Gasteiger partial charge in [-0.05, 0) is 49.9 Å². The monoisotopic (exact) mass is 251 g/mol. The van der Waals surface area contributed by atoms with Crippen molar-refractivity contribution in [1.29, 1.82) is 0 Å². The van der Waals surface area contributed by atoms with Crippen LogP contribution in [0.25, 0.3) is 0 Å². The topological polar surface area (TPSA) is 29.5 Å². The van der Waals surface area contributed by atoms with E-state index in [1.165, 1.54) is 12.8 Å². The predicted molar refractivity (Wildman–Crippen MR) is 70.1 cm³/mol. The summed E-state index contributed by atoms with van der Waals surface area (Å²) in [7, 11) is 0. The van der Waals surface area contributed by atoms with E-state index in [1.807, 2.05) is 4.90 Å². The van der Waals surface area contributed by atoms with Gasteiger partial charge in [-0.1, -0.05) is 13.8 Å². The molecule has 2 aliphatic heterocycles. The molecule has 2 saturated heterocycles. The first-order chi connectivity index (χ1) is 8.66. The molecule has 0 N–H and O–H groups in total. The number of likely N-dealkylation sites (tertiary alicyclic amines) is 1. The van der Waals surface area contributed by atoms with Crippen molar-refractivity contribution in [2.75, 3.05) is 13.1 Å². The predicted octanol–water partition coefficient (Wildman–Crippen LogP) is 2.45. The Morgan fingerprint density at radius 1 is 1.11 bits per heavy atom. The van der Waals surface area contributed by atoms with E-state index >= 15 is 0 Å². The van der Waals surface area contributed by atoms with E-state index < -0.39 is 0 Å². The lowest BCUT2D eigenvalue weighted by Crippen LogP contribution is -2.45. The summed E-state index contributed by atoms with van der Waals surface area (Å²) in [6.45, 7) is 6.51. The summed E-state index contributed by atoms with van der Waals surface area (Å²) in [5.41, 5.74) is 0. The number of ether oxygens (including phenoxy) is 1. The molecular formula is C15H25NO2. The Hall–Kier alpha value is -0.570. The zero-order valence-electron chi connectivity index (χ0n) is 11.6. The normalized spacial score (nSPS) is 44.1. The molecular weight excluding hydrogens is 226 g/mol. The van der Waals surface area contributed by atoms with Crippen LogP contribution in [0, 0.1) is 17.8 Å². The third-order valence-electron chi connectivity index (χ3n) is 5.23. The quantitative estimate of drug-likeness (QED) is 0.716. The minimum atomic E-state index is -0.142. The second-order valence-corrected chi connectivity index (χ2v) is 6.55. The van der Waals surface area contributed by atoms with Crippen LogP contribution >= 0.6 is 0 Å². The molecule has 1 aliphatic carbocycles. The van der Waals surface area contributed by atoms with Gasteiger partial charge in [0.05, 0.1) is 6.10 Å². The number of fused-ring (bicyclic) bond motifs is 1. The van der Waals surface area contributed by atoms with Crippen LogP contribution in [0.1, 0.15) is 46.0 Å². The van der Waals surface area contributed by atoms with Crippen molar-refractivity contribution >= 4 is 5.91 Å². The van der Waals surface area contributed by atoms with Crippen molar-refractivity contribution in [3.63, 3.8) is 0 Å². The van der Waals surface area contributed by atoms with Crippen molar-refractivity contribution in [3.05, 3.63) is 0 Å². The molecule has 0 radical (unpaired) electrons. The zero-order valence-corrected chi connectivity index (χ0v) is 11.6. The Bertz CT molecular complexity index is 324. The second-order valence-electron chi connectivity index (χ2n) is 6.55. The highest BCUT2D eigenvalue weighted by Crippen LogP contribution is 2.44. The lowest BCUT2D eigenvalue weighted by Gasteiger charge is -2.36. The van der Waals surface area contributed by atoms with Gasteiger partial charge in [0.15, 0.2) is 0 Å². The van der Waals surface area contributed by atoms with Crippen LogP contribution in [-0.4, -0.2) is 36.1 Å². The van der Waals surface area contributed by atoms with Crippen LogP contribution in [0.3, 0.4) is 0 Å². The summed E-state index contributed by atoms with van der Waals surface area (Å²) in [6.07, 6.45) is 5.91. The highest BCUT2D eigenvalue weighted by molar-refractivity contribution is 5.81. The number of amides is 1. The Morgan fingerprint density at radius 2 is 1.83 bits per heavy atom. The minimum absolute atomic E-state index is 0.142. The molecule has 1 saturated carbocycles. The Labute approximate surface area is 110 Å². The summed E-state index contributed by atoms with van der Waals surface area (Å²) in [6, 6.07) is 0. The standard InChI is InChI=1S/C15H25NO2/c1-10-9-11(2)14-12(10)5-6-13(18-14)15(17)16-7-3-4-8-16/h10-14H,3-9H2,1-2H3. The average molecular weight is 251 g/mol. The van der Waals surface area contributed by atoms with E-state index in [0.29, 0.717) is 17.9 Å². The summed E-state index contributed by atoms with van der Waals surface area (Å²) in [4.78, 5) is 14.4. The van der Waals surface area contributed by atoms with Crippen molar-refractivity contribution < 1.29 is 9.53 Å². The third kappa shape index (κ3) is 2.07. The largest absolute Gasteiger partial charge is 0.365 e. The molecule has 3 aliphatic rings. The van der Waals surface area contributed by atoms with Gasteiger partial charge in [0, 0.05) is 13.1 Å². The number of carbonyl (C=O) groups excluding carboxylic acids is 1. The van der Waals surface area contributed by atoms with Gasteiger partial charge in [-0.2, -0.15) is 0 Å². The van der Waals surface area contributed by atoms with Crippen molar-refractivity contribution in [2.45, 2.75) is 58.2 Å². The third-order valence-corrected chi connectivity index (χ3v) is 5.23. The first kappa shape index (κ1) is 12.5. The average Bonchev–Trinajstić information content (AvgIpc) is 2.98. The highest BCUT2D eigenvalue weighted by Gasteiger charge is 2.45. The highest BCUT2D eigenvalue weighted by atomic mass is 16.5. The maximum absolute atomic E-state index is 12.4. The van der Waals surface area contributed by atoms with Crippen molar-refractivity contribution in [1.82, 2.24) is 4.90 Å².